The van der Waals surface area contributed by atoms with Gasteiger partial charge in [0.25, 0.3) is 0 Å². The van der Waals surface area contributed by atoms with Gasteiger partial charge in [0.2, 0.25) is 0 Å². The summed E-state index contributed by atoms with van der Waals surface area (Å²) in [7, 11) is 0. The molecule has 0 fully saturated rings. The van der Waals surface area contributed by atoms with E-state index in [0.717, 1.165) is 0 Å². The summed E-state index contributed by atoms with van der Waals surface area (Å²) in [5.74, 6) is 0.711. The fourth-order valence-corrected chi connectivity index (χ4v) is 1.83. The number of alkyl halides is 1. The highest BCUT2D eigenvalue weighted by atomic mass is 127. The first kappa shape index (κ1) is 11.1. The number of hydrogen-bond acceptors (Lipinski definition) is 1. The predicted octanol–water partition coefficient (Wildman–Crippen LogP) is 3.44. The average Bonchev–Trinajstić information content (AvgIpc) is 2.01. The maximum atomic E-state index is 3.71. The third kappa shape index (κ3) is 6.53. The molecule has 0 aliphatic rings. The average molecular weight is 265 g/mol. The van der Waals surface area contributed by atoms with Crippen LogP contribution in [0.4, 0.5) is 0 Å². The van der Waals surface area contributed by atoms with Gasteiger partial charge in [-0.3, -0.25) is 4.99 Å². The Morgan fingerprint density at radius 3 is 2.73 bits per heavy atom. The van der Waals surface area contributed by atoms with Gasteiger partial charge in [-0.1, -0.05) is 42.0 Å². The molecule has 0 N–H and O–H groups in total. The fourth-order valence-electron chi connectivity index (χ4n) is 1.03. The van der Waals surface area contributed by atoms with Gasteiger partial charge >= 0.3 is 0 Å². The highest BCUT2D eigenvalue weighted by Gasteiger charge is 2.00. The second kappa shape index (κ2) is 8.24. The van der Waals surface area contributed by atoms with E-state index >= 15 is 0 Å². The van der Waals surface area contributed by atoms with Crippen molar-refractivity contribution < 1.29 is 0 Å². The van der Waals surface area contributed by atoms with Crippen molar-refractivity contribution in [2.24, 2.45) is 10.9 Å². The van der Waals surface area contributed by atoms with Gasteiger partial charge in [0.1, 0.15) is 0 Å². The number of nitrogens with zero attached hydrogens (tertiary/aromatic N) is 1. The third-order valence-corrected chi connectivity index (χ3v) is 2.23. The normalized spacial score (nSPS) is 13.6. The van der Waals surface area contributed by atoms with E-state index < -0.39 is 0 Å². The number of aliphatic imine (C=N–C) groups is 1. The first-order chi connectivity index (χ1) is 5.35. The van der Waals surface area contributed by atoms with Crippen molar-refractivity contribution in [2.45, 2.75) is 26.2 Å². The molecule has 0 rings (SSSR count). The Balaban J connectivity index is 3.67. The van der Waals surface area contributed by atoms with Crippen molar-refractivity contribution in [1.29, 1.82) is 0 Å². The Bertz CT molecular complexity index is 115. The van der Waals surface area contributed by atoms with Crippen LogP contribution in [-0.4, -0.2) is 11.1 Å². The summed E-state index contributed by atoms with van der Waals surface area (Å²) >= 11 is 2.41. The fraction of sp³-hybridized carbons (Fsp3) is 0.667. The Morgan fingerprint density at radius 2 is 2.27 bits per heavy atom. The largest absolute Gasteiger partial charge is 0.273 e. The predicted molar refractivity (Wildman–Crippen MR) is 60.6 cm³/mol. The van der Waals surface area contributed by atoms with Crippen molar-refractivity contribution in [3.05, 3.63) is 12.3 Å². The molecule has 2 heteroatoms. The zero-order valence-electron chi connectivity index (χ0n) is 7.09. The highest BCUT2D eigenvalue weighted by molar-refractivity contribution is 14.1. The maximum absolute atomic E-state index is 3.71. The summed E-state index contributed by atoms with van der Waals surface area (Å²) in [4.78, 5) is 3.71. The van der Waals surface area contributed by atoms with Gasteiger partial charge in [-0.25, -0.2) is 0 Å². The first-order valence-electron chi connectivity index (χ1n) is 4.03. The molecule has 64 valence electrons. The molecule has 1 atom stereocenters. The summed E-state index contributed by atoms with van der Waals surface area (Å²) in [5, 5.41) is 0. The van der Waals surface area contributed by atoms with Gasteiger partial charge in [0, 0.05) is 10.6 Å². The van der Waals surface area contributed by atoms with Gasteiger partial charge in [-0.15, -0.1) is 0 Å². The van der Waals surface area contributed by atoms with Crippen molar-refractivity contribution in [3.8, 4) is 0 Å². The summed E-state index contributed by atoms with van der Waals surface area (Å²) in [6.07, 6.45) is 7.76. The SMILES string of the molecule is C=N/C=C\C(CCC)CCI. The van der Waals surface area contributed by atoms with Gasteiger partial charge in [-0.2, -0.15) is 0 Å². The van der Waals surface area contributed by atoms with E-state index in [2.05, 4.69) is 47.3 Å². The molecule has 0 bridgehead atoms. The van der Waals surface area contributed by atoms with Crippen LogP contribution in [0.2, 0.25) is 0 Å². The monoisotopic (exact) mass is 265 g/mol. The zero-order valence-corrected chi connectivity index (χ0v) is 9.25. The van der Waals surface area contributed by atoms with Crippen molar-refractivity contribution >= 4 is 29.3 Å². The van der Waals surface area contributed by atoms with Crippen LogP contribution in [0.15, 0.2) is 17.3 Å². The quantitative estimate of drug-likeness (QED) is 0.396. The van der Waals surface area contributed by atoms with E-state index in [1.54, 1.807) is 0 Å². The first-order valence-corrected chi connectivity index (χ1v) is 5.56. The molecule has 0 aromatic carbocycles. The molecule has 0 amide bonds. The standard InChI is InChI=1S/C9H16IN/c1-3-4-9(5-7-10)6-8-11-2/h6,8-9H,2-5,7H2,1H3/b8-6-. The van der Waals surface area contributed by atoms with Crippen LogP contribution in [0.5, 0.6) is 0 Å². The lowest BCUT2D eigenvalue weighted by atomic mass is 10.0. The minimum absolute atomic E-state index is 0.711. The molecule has 1 nitrogen and oxygen atoms in total. The maximum Gasteiger partial charge on any atom is 0.0223 e. The molecule has 0 aliphatic heterocycles. The smallest absolute Gasteiger partial charge is 0.0223 e. The van der Waals surface area contributed by atoms with Gasteiger partial charge in [-0.05, 0) is 25.5 Å². The van der Waals surface area contributed by atoms with E-state index in [0.29, 0.717) is 5.92 Å². The van der Waals surface area contributed by atoms with E-state index in [-0.39, 0.29) is 0 Å². The lowest BCUT2D eigenvalue weighted by molar-refractivity contribution is 0.570. The van der Waals surface area contributed by atoms with Crippen LogP contribution in [-0.2, 0) is 0 Å². The van der Waals surface area contributed by atoms with Crippen LogP contribution in [0.1, 0.15) is 26.2 Å². The van der Waals surface area contributed by atoms with Crippen LogP contribution in [0.25, 0.3) is 0 Å². The highest BCUT2D eigenvalue weighted by Crippen LogP contribution is 2.14. The summed E-state index contributed by atoms with van der Waals surface area (Å²) in [6.45, 7) is 5.63. The van der Waals surface area contributed by atoms with E-state index in [1.165, 1.54) is 23.7 Å². The summed E-state index contributed by atoms with van der Waals surface area (Å²) < 4.78 is 1.23. The Morgan fingerprint density at radius 1 is 1.55 bits per heavy atom. The van der Waals surface area contributed by atoms with Crippen molar-refractivity contribution in [3.63, 3.8) is 0 Å². The Kier molecular flexibility index (Phi) is 8.34. The van der Waals surface area contributed by atoms with Crippen LogP contribution in [0, 0.1) is 5.92 Å². The third-order valence-electron chi connectivity index (χ3n) is 1.60. The van der Waals surface area contributed by atoms with Crippen LogP contribution >= 0.6 is 22.6 Å². The number of halogens is 1. The molecule has 0 saturated heterocycles. The number of hydrogen-bond donors (Lipinski definition) is 0. The molecule has 0 spiro atoms. The number of rotatable bonds is 6. The molecule has 0 aromatic heterocycles. The Hall–Kier alpha value is 0.140. The lowest BCUT2D eigenvalue weighted by Crippen LogP contribution is -1.95. The van der Waals surface area contributed by atoms with Crippen molar-refractivity contribution in [1.82, 2.24) is 0 Å². The van der Waals surface area contributed by atoms with Crippen LogP contribution < -0.4 is 0 Å². The topological polar surface area (TPSA) is 12.4 Å². The Labute approximate surface area is 83.1 Å². The second-order valence-electron chi connectivity index (χ2n) is 2.55. The van der Waals surface area contributed by atoms with Gasteiger partial charge in [0.05, 0.1) is 0 Å². The van der Waals surface area contributed by atoms with E-state index in [9.17, 15) is 0 Å². The molecular weight excluding hydrogens is 249 g/mol. The van der Waals surface area contributed by atoms with E-state index in [1.807, 2.05) is 6.20 Å². The minimum Gasteiger partial charge on any atom is -0.273 e. The van der Waals surface area contributed by atoms with Gasteiger partial charge < -0.3 is 0 Å². The molecule has 0 saturated carbocycles. The van der Waals surface area contributed by atoms with Crippen molar-refractivity contribution in [2.75, 3.05) is 4.43 Å². The molecule has 1 unspecified atom stereocenters. The molecular formula is C9H16IN. The number of allylic oxidation sites excluding steroid dienone is 1. The molecule has 0 aromatic rings. The molecule has 0 aliphatic carbocycles. The zero-order chi connectivity index (χ0) is 8.53. The molecule has 0 radical (unpaired) electrons. The van der Waals surface area contributed by atoms with Gasteiger partial charge in [0.15, 0.2) is 0 Å². The molecule has 0 heterocycles. The van der Waals surface area contributed by atoms with E-state index in [4.69, 9.17) is 0 Å². The summed E-state index contributed by atoms with van der Waals surface area (Å²) in [5.41, 5.74) is 0. The lowest BCUT2D eigenvalue weighted by Gasteiger charge is -2.07. The summed E-state index contributed by atoms with van der Waals surface area (Å²) in [6, 6.07) is 0. The molecule has 11 heavy (non-hydrogen) atoms. The minimum atomic E-state index is 0.711. The van der Waals surface area contributed by atoms with Crippen LogP contribution in [0.3, 0.4) is 0 Å². The second-order valence-corrected chi connectivity index (χ2v) is 3.63.